The maximum absolute atomic E-state index is 14.6. The normalized spacial score (nSPS) is 28.0. The largest absolute Gasteiger partial charge is 0.479 e. The van der Waals surface area contributed by atoms with Gasteiger partial charge in [0.15, 0.2) is 18.2 Å². The Morgan fingerprint density at radius 3 is 1.89 bits per heavy atom. The van der Waals surface area contributed by atoms with E-state index in [-0.39, 0.29) is 48.7 Å². The summed E-state index contributed by atoms with van der Waals surface area (Å²) in [4.78, 5) is 107. The van der Waals surface area contributed by atoms with E-state index in [1.807, 2.05) is 58.9 Å². The molecule has 3 amide bonds. The van der Waals surface area contributed by atoms with Crippen LogP contribution in [0.2, 0.25) is 0 Å². The van der Waals surface area contributed by atoms with E-state index >= 15 is 0 Å². The molecule has 26 heteroatoms. The van der Waals surface area contributed by atoms with Gasteiger partial charge in [-0.15, -0.1) is 0 Å². The van der Waals surface area contributed by atoms with E-state index in [1.54, 1.807) is 80.5 Å². The van der Waals surface area contributed by atoms with Crippen molar-refractivity contribution in [1.29, 1.82) is 0 Å². The number of carboxylic acid groups (broad SMARTS) is 2. The number of aliphatic hydroxyl groups is 10. The predicted octanol–water partition coefficient (Wildman–Crippen LogP) is 7.14. The van der Waals surface area contributed by atoms with Crippen LogP contribution in [0.3, 0.4) is 0 Å². The highest BCUT2D eigenvalue weighted by Gasteiger charge is 2.45. The molecular weight excluding hydrogens is 1390 g/mol. The molecule has 15 N–H and O–H groups in total. The lowest BCUT2D eigenvalue weighted by Crippen LogP contribution is -2.59. The Labute approximate surface area is 640 Å². The number of carbonyl (C=O) groups excluding carboxylic acids is 6. The molecule has 0 aromatic rings. The summed E-state index contributed by atoms with van der Waals surface area (Å²) in [6.07, 6.45) is 4.31. The van der Waals surface area contributed by atoms with Crippen molar-refractivity contribution in [3.8, 4) is 0 Å². The lowest BCUT2D eigenvalue weighted by Gasteiger charge is -2.38. The standard InChI is InChI=1S/C82H133N3O23/c1-44(2)37-59(83-65(91)35-36-82(18,19)76(99)55(13)75(98)81(15,16)17)72(96)51(9)41-49(7)69(93)46(4)31-33-60(87)53(11)77(100)85-67(56(14)86)74-54(12)63(107-66(92)43-62(89)78(101)102)34-32-47(5)70(94)48(6)40-50(8)71(95)52(10)61(88)42-58-39-45(3)38-57(106-58)29-27-25-23-21-20-22-24-26-28-30-64(90)84-68(80(105)108-74)73(97)79(103)104/h21,23-28,30,32,35-36,40-41,44-46,48,51-63,67-75,86-89,93-98H,20,22,29,31,33-34,37-39,42-43H2,1-19H3,(H,83,91)(H,84,90)(H,85,100)(H,101,102)(H,103,104). The van der Waals surface area contributed by atoms with Gasteiger partial charge in [-0.05, 0) is 145 Å². The summed E-state index contributed by atoms with van der Waals surface area (Å²) in [5.74, 6) is -15.4. The molecule has 0 aliphatic carbocycles. The van der Waals surface area contributed by atoms with Gasteiger partial charge in [-0.2, -0.15) is 0 Å². The SMILES string of the molecule is CC1=CCC(OC(=O)CC(O)C(=O)O)C(C)C(C(NC(=O)C(C)C(O)CCC(C)C(O)C(C)=CC(C)C(O)C(CC(C)C)NC(=O)C=CC(C)(C)C(=O)C(C)C(O)C(C)(C)C)C(C)O)OC(=O)C(C(O)C(=O)O)NC(=O)C=CC=CCCC=CC=CCC2CC(C)CC(CC(O)C(C)C(O)C(C)=CC(C)C1O)O2. The topological polar surface area (TPSA) is 443 Å². The van der Waals surface area contributed by atoms with Gasteiger partial charge in [0.1, 0.15) is 18.0 Å². The number of aliphatic hydroxyl groups excluding tert-OH is 10. The smallest absolute Gasteiger partial charge is 0.335 e. The van der Waals surface area contributed by atoms with E-state index in [0.717, 1.165) is 18.9 Å². The quantitative estimate of drug-likeness (QED) is 0.0221. The van der Waals surface area contributed by atoms with Gasteiger partial charge in [0, 0.05) is 47.5 Å². The number of rotatable bonds is 27. The fraction of sp³-hybridized carbons (Fsp3) is 0.707. The Balaban J connectivity index is 2.69. The molecule has 0 spiro atoms. The van der Waals surface area contributed by atoms with Gasteiger partial charge in [0.2, 0.25) is 17.7 Å². The first kappa shape index (κ1) is 97.5. The minimum absolute atomic E-state index is 0.0201. The molecule has 1 saturated heterocycles. The summed E-state index contributed by atoms with van der Waals surface area (Å²) in [5.41, 5.74) is -0.554. The monoisotopic (exact) mass is 1530 g/mol. The summed E-state index contributed by atoms with van der Waals surface area (Å²) in [7, 11) is 0. The van der Waals surface area contributed by atoms with Gasteiger partial charge < -0.3 is 91.4 Å². The number of ether oxygens (including phenoxy) is 3. The number of ketones is 1. The first-order valence-corrected chi connectivity index (χ1v) is 38.2. The number of carboxylic acids is 2. The van der Waals surface area contributed by atoms with Crippen LogP contribution in [0.4, 0.5) is 0 Å². The molecule has 26 nitrogen and oxygen atoms in total. The van der Waals surface area contributed by atoms with Crippen molar-refractivity contribution in [3.05, 3.63) is 95.7 Å². The third-order valence-corrected chi connectivity index (χ3v) is 20.8. The number of hydrogen-bond acceptors (Lipinski definition) is 21. The fourth-order valence-corrected chi connectivity index (χ4v) is 13.7. The van der Waals surface area contributed by atoms with Crippen LogP contribution >= 0.6 is 0 Å². The molecular formula is C82H133N3O23. The van der Waals surface area contributed by atoms with Gasteiger partial charge in [0.25, 0.3) is 0 Å². The van der Waals surface area contributed by atoms with Crippen LogP contribution in [0.25, 0.3) is 0 Å². The zero-order valence-electron chi connectivity index (χ0n) is 67.2. The molecule has 2 aliphatic rings. The Kier molecular flexibility index (Phi) is 41.8. The Hall–Kier alpha value is -6.56. The van der Waals surface area contributed by atoms with E-state index < -0.39 is 198 Å². The Bertz CT molecular complexity index is 3140. The maximum atomic E-state index is 14.6. The molecule has 0 radical (unpaired) electrons. The minimum atomic E-state index is -2.69. The molecule has 25 unspecified atom stereocenters. The van der Waals surface area contributed by atoms with Gasteiger partial charge in [-0.1, -0.05) is 157 Å². The number of Topliss-reactive ketones (excluding diaryl/α,β-unsaturated/α-hetero) is 1. The van der Waals surface area contributed by atoms with Gasteiger partial charge in [0.05, 0.1) is 85.5 Å². The predicted molar refractivity (Wildman–Crippen MR) is 409 cm³/mol. The van der Waals surface area contributed by atoms with E-state index in [4.69, 9.17) is 14.2 Å². The van der Waals surface area contributed by atoms with Crippen LogP contribution in [0, 0.1) is 64.1 Å². The van der Waals surface area contributed by atoms with Crippen LogP contribution in [0.5, 0.6) is 0 Å². The van der Waals surface area contributed by atoms with Crippen molar-refractivity contribution in [2.24, 2.45) is 64.1 Å². The number of fused-ring (bicyclic) bond motifs is 2. The van der Waals surface area contributed by atoms with Gasteiger partial charge in [-0.25, -0.2) is 14.4 Å². The van der Waals surface area contributed by atoms with Gasteiger partial charge in [-0.3, -0.25) is 24.0 Å². The fourth-order valence-electron chi connectivity index (χ4n) is 13.7. The molecule has 25 atom stereocenters. The van der Waals surface area contributed by atoms with E-state index in [1.165, 1.54) is 58.1 Å². The number of aliphatic carboxylic acids is 2. The molecule has 0 saturated carbocycles. The molecule has 0 aromatic heterocycles. The summed E-state index contributed by atoms with van der Waals surface area (Å²) in [6.45, 7) is 31.9. The second-order valence-electron chi connectivity index (χ2n) is 32.7. The second kappa shape index (κ2) is 46.3. The number of esters is 2. The minimum Gasteiger partial charge on any atom is -0.479 e. The van der Waals surface area contributed by atoms with Crippen LogP contribution in [0.15, 0.2) is 95.7 Å². The number of carbonyl (C=O) groups is 8. The highest BCUT2D eigenvalue weighted by Crippen LogP contribution is 2.35. The van der Waals surface area contributed by atoms with Gasteiger partial charge >= 0.3 is 23.9 Å². The lowest BCUT2D eigenvalue weighted by molar-refractivity contribution is -0.175. The van der Waals surface area contributed by atoms with Crippen molar-refractivity contribution >= 4 is 47.4 Å². The number of nitrogens with one attached hydrogen (secondary N) is 3. The Morgan fingerprint density at radius 2 is 1.31 bits per heavy atom. The second-order valence-corrected chi connectivity index (χ2v) is 32.7. The summed E-state index contributed by atoms with van der Waals surface area (Å²) >= 11 is 0. The average molecular weight is 1530 g/mol. The van der Waals surface area contributed by atoms with Crippen LogP contribution in [0.1, 0.15) is 202 Å². The third-order valence-electron chi connectivity index (χ3n) is 20.8. The van der Waals surface area contributed by atoms with E-state index in [0.29, 0.717) is 42.7 Å². The summed E-state index contributed by atoms with van der Waals surface area (Å²) in [6, 6.07) is -4.97. The first-order valence-electron chi connectivity index (χ1n) is 38.2. The molecule has 0 aromatic carbocycles. The molecule has 2 aliphatic heterocycles. The van der Waals surface area contributed by atoms with Crippen LogP contribution in [-0.2, 0) is 52.6 Å². The highest BCUT2D eigenvalue weighted by molar-refractivity contribution is 5.95. The van der Waals surface area contributed by atoms with Crippen LogP contribution < -0.4 is 16.0 Å². The number of amides is 3. The zero-order chi connectivity index (χ0) is 82.6. The third kappa shape index (κ3) is 32.8. The van der Waals surface area contributed by atoms with Crippen molar-refractivity contribution < 1.29 is 114 Å². The van der Waals surface area contributed by atoms with Crippen molar-refractivity contribution in [2.45, 2.75) is 306 Å². The molecule has 614 valence electrons. The summed E-state index contributed by atoms with van der Waals surface area (Å²) in [5, 5.41) is 141. The average Bonchev–Trinajstić information content (AvgIpc) is 0.824. The van der Waals surface area contributed by atoms with Crippen molar-refractivity contribution in [1.82, 2.24) is 16.0 Å². The number of allylic oxidation sites excluding steroid dienone is 7. The van der Waals surface area contributed by atoms with E-state index in [2.05, 4.69) is 22.9 Å². The van der Waals surface area contributed by atoms with Crippen LogP contribution in [-0.4, -0.2) is 212 Å². The molecule has 2 bridgehead atoms. The molecule has 2 heterocycles. The zero-order valence-corrected chi connectivity index (χ0v) is 67.2. The number of hydrogen-bond donors (Lipinski definition) is 15. The number of cyclic esters (lactones) is 1. The Morgan fingerprint density at radius 1 is 0.722 bits per heavy atom. The first-order chi connectivity index (χ1) is 50.0. The molecule has 108 heavy (non-hydrogen) atoms. The molecule has 1 fully saturated rings. The van der Waals surface area contributed by atoms with Crippen molar-refractivity contribution in [2.75, 3.05) is 0 Å². The lowest BCUT2D eigenvalue weighted by atomic mass is 9.73. The summed E-state index contributed by atoms with van der Waals surface area (Å²) < 4.78 is 18.2. The highest BCUT2D eigenvalue weighted by atomic mass is 16.6. The maximum Gasteiger partial charge on any atom is 0.335 e. The van der Waals surface area contributed by atoms with E-state index in [9.17, 15) is 99.6 Å². The van der Waals surface area contributed by atoms with Crippen molar-refractivity contribution in [3.63, 3.8) is 0 Å². The molecule has 2 rings (SSSR count).